The molecule has 0 bridgehead atoms. The van der Waals surface area contributed by atoms with Crippen LogP contribution in [0.3, 0.4) is 0 Å². The Morgan fingerprint density at radius 2 is 0.667 bits per heavy atom. The van der Waals surface area contributed by atoms with E-state index in [0.717, 1.165) is 0 Å². The predicted octanol–water partition coefficient (Wildman–Crippen LogP) is 8.47. The minimum Gasteiger partial charge on any atom is -1.00 e. The summed E-state index contributed by atoms with van der Waals surface area (Å²) in [6.45, 7) is 8.95. The van der Waals surface area contributed by atoms with Gasteiger partial charge in [0.1, 0.15) is 0 Å². The van der Waals surface area contributed by atoms with Crippen molar-refractivity contribution in [3.05, 3.63) is 181 Å². The molecule has 0 atom stereocenters. The first-order valence-electron chi connectivity index (χ1n) is 18.0. The summed E-state index contributed by atoms with van der Waals surface area (Å²) in [6, 6.07) is 62.0. The third-order valence-corrected chi connectivity index (χ3v) is 9.86. The quantitative estimate of drug-likeness (QED) is 0.0933. The number of halogens is 2. The molecule has 0 aliphatic carbocycles. The molecule has 0 nitrogen and oxygen atoms in total. The maximum absolute atomic E-state index is 2.33. The molecule has 0 aromatic heterocycles. The maximum atomic E-state index is 2.33. The molecule has 264 valence electrons. The summed E-state index contributed by atoms with van der Waals surface area (Å²) in [5.74, 6) is 0. The summed E-state index contributed by atoms with van der Waals surface area (Å²) in [5, 5.41) is 15.8. The molecule has 10 aromatic rings. The minimum absolute atomic E-state index is 0. The Morgan fingerprint density at radius 3 is 1.04 bits per heavy atom. The van der Waals surface area contributed by atoms with Gasteiger partial charge < -0.3 is 24.8 Å². The molecule has 0 amide bonds. The van der Waals surface area contributed by atoms with Gasteiger partial charge >= 0.3 is 41.9 Å². The number of fused-ring (bicyclic) bond motifs is 6. The molecule has 0 N–H and O–H groups in total. The zero-order valence-electron chi connectivity index (χ0n) is 30.9. The summed E-state index contributed by atoms with van der Waals surface area (Å²) in [6.07, 6.45) is 0. The zero-order valence-corrected chi connectivity index (χ0v) is 35.9. The van der Waals surface area contributed by atoms with Gasteiger partial charge in [0.05, 0.1) is 0 Å². The Bertz CT molecular complexity index is 2730. The largest absolute Gasteiger partial charge is 1.00 e. The number of hydrogen-bond acceptors (Lipinski definition) is 0. The van der Waals surface area contributed by atoms with Gasteiger partial charge in [-0.3, -0.25) is 0 Å². The van der Waals surface area contributed by atoms with Crippen LogP contribution < -0.4 is 24.8 Å². The van der Waals surface area contributed by atoms with Crippen molar-refractivity contribution < 1.29 is 48.1 Å². The van der Waals surface area contributed by atoms with Crippen molar-refractivity contribution in [1.82, 2.24) is 0 Å². The van der Waals surface area contributed by atoms with Crippen LogP contribution in [0.2, 0.25) is 13.1 Å². The van der Waals surface area contributed by atoms with E-state index in [4.69, 9.17) is 0 Å². The molecule has 0 unspecified atom stereocenters. The summed E-state index contributed by atoms with van der Waals surface area (Å²) >= 11 is 1.74. The number of benzene rings is 8. The number of rotatable bonds is 2. The molecule has 10 aromatic carbocycles. The average molecular weight is 831 g/mol. The van der Waals surface area contributed by atoms with E-state index in [9.17, 15) is 0 Å². The molecular weight excluding hydrogens is 791 g/mol. The van der Waals surface area contributed by atoms with Crippen molar-refractivity contribution in [1.29, 1.82) is 0 Å². The van der Waals surface area contributed by atoms with Crippen LogP contribution in [-0.2, 0) is 23.3 Å². The minimum atomic E-state index is 0. The fourth-order valence-electron chi connectivity index (χ4n) is 7.64. The van der Waals surface area contributed by atoms with Crippen molar-refractivity contribution in [2.45, 2.75) is 26.9 Å². The van der Waals surface area contributed by atoms with E-state index in [0.29, 0.717) is 0 Å². The van der Waals surface area contributed by atoms with Crippen molar-refractivity contribution in [3.8, 4) is 22.3 Å². The first-order valence-corrected chi connectivity index (χ1v) is 24.2. The van der Waals surface area contributed by atoms with Gasteiger partial charge in [-0.15, -0.1) is 69.1 Å². The van der Waals surface area contributed by atoms with E-state index in [2.05, 4.69) is 197 Å². The van der Waals surface area contributed by atoms with Crippen molar-refractivity contribution in [2.24, 2.45) is 0 Å². The zero-order chi connectivity index (χ0) is 35.8. The van der Waals surface area contributed by atoms with Gasteiger partial charge in [-0.1, -0.05) is 122 Å². The monoisotopic (exact) mass is 828 g/mol. The van der Waals surface area contributed by atoms with Crippen LogP contribution >= 0.6 is 0 Å². The van der Waals surface area contributed by atoms with Crippen molar-refractivity contribution in [2.75, 3.05) is 0 Å². The van der Waals surface area contributed by atoms with E-state index in [1.165, 1.54) is 98.0 Å². The van der Waals surface area contributed by atoms with Gasteiger partial charge in [-0.25, -0.2) is 0 Å². The van der Waals surface area contributed by atoms with Crippen LogP contribution in [0.5, 0.6) is 0 Å². The van der Waals surface area contributed by atoms with Gasteiger partial charge in [0.2, 0.25) is 0 Å². The molecule has 4 heteroatoms. The smallest absolute Gasteiger partial charge is 0.0107 e. The summed E-state index contributed by atoms with van der Waals surface area (Å²) < 4.78 is 0. The first kappa shape index (κ1) is 39.4. The van der Waals surface area contributed by atoms with Gasteiger partial charge in [0, 0.05) is 0 Å². The second-order valence-electron chi connectivity index (χ2n) is 14.1. The average Bonchev–Trinajstić information content (AvgIpc) is 3.73. The SMILES string of the molecule is C[Si](C)=[Zr+2].Cc1cc2c(-c3cccc4cc5ccccc5cc34)cccc2[cH-]1.Cc1cc2c(-c3cccc4cc5ccccc5cc34)cccc2[cH-]1.[Cl-].[Cl-]. The Morgan fingerprint density at radius 1 is 0.370 bits per heavy atom. The Balaban J connectivity index is 0.000000162. The fraction of sp³-hybridized carbons (Fsp3) is 0.0800. The van der Waals surface area contributed by atoms with Crippen LogP contribution in [0.4, 0.5) is 0 Å². The first-order chi connectivity index (χ1) is 25.3. The molecular formula is C50H40Cl2SiZr-2. The topological polar surface area (TPSA) is 0 Å². The van der Waals surface area contributed by atoms with E-state index in [1.54, 1.807) is 23.3 Å². The third-order valence-electron chi connectivity index (χ3n) is 9.86. The summed E-state index contributed by atoms with van der Waals surface area (Å²) in [5.41, 5.74) is 8.13. The van der Waals surface area contributed by atoms with E-state index in [-0.39, 0.29) is 30.2 Å². The Labute approximate surface area is 345 Å². The summed E-state index contributed by atoms with van der Waals surface area (Å²) in [4.78, 5) is 0. The van der Waals surface area contributed by atoms with Crippen LogP contribution in [0.1, 0.15) is 11.1 Å². The van der Waals surface area contributed by atoms with Crippen LogP contribution in [0.25, 0.3) is 86.9 Å². The second-order valence-corrected chi connectivity index (χ2v) is 23.5. The standard InChI is InChI=1S/2C24H17.C2H6Si.2ClH.Zr/c2*1-16-12-19-8-4-10-21(23(19)13-16)22-11-5-9-20-14-17-6-2-3-7-18(17)15-24(20)22;1-3-2;;;/h2*2-15H,1H3;1-2H3;2*1H;/q2*-1;;;;+2/p-2. The van der Waals surface area contributed by atoms with Gasteiger partial charge in [-0.2, -0.15) is 12.1 Å². The predicted molar refractivity (Wildman–Crippen MR) is 227 cm³/mol. The summed E-state index contributed by atoms with van der Waals surface area (Å²) in [7, 11) is 0. The molecule has 0 aliphatic heterocycles. The normalized spacial score (nSPS) is 10.8. The third kappa shape index (κ3) is 8.05. The number of aryl methyl sites for hydroxylation is 2. The van der Waals surface area contributed by atoms with Gasteiger partial charge in [0.25, 0.3) is 0 Å². The van der Waals surface area contributed by atoms with Crippen LogP contribution in [0.15, 0.2) is 170 Å². The molecule has 10 rings (SSSR count). The van der Waals surface area contributed by atoms with Gasteiger partial charge in [-0.05, 0) is 78.5 Å². The Hall–Kier alpha value is -4.30. The molecule has 0 fully saturated rings. The second kappa shape index (κ2) is 17.0. The molecule has 0 radical (unpaired) electrons. The van der Waals surface area contributed by atoms with Crippen molar-refractivity contribution >= 4 is 70.1 Å². The van der Waals surface area contributed by atoms with E-state index >= 15 is 0 Å². The van der Waals surface area contributed by atoms with E-state index in [1.807, 2.05) is 0 Å². The van der Waals surface area contributed by atoms with Crippen molar-refractivity contribution in [3.63, 3.8) is 0 Å². The van der Waals surface area contributed by atoms with Crippen LogP contribution in [0, 0.1) is 13.8 Å². The molecule has 0 saturated heterocycles. The molecule has 54 heavy (non-hydrogen) atoms. The molecule has 0 aliphatic rings. The maximum Gasteiger partial charge on any atom is -0.0107 e. The Kier molecular flexibility index (Phi) is 12.4. The fourth-order valence-corrected chi connectivity index (χ4v) is 7.64. The van der Waals surface area contributed by atoms with Crippen LogP contribution in [-0.4, -0.2) is 5.43 Å². The molecule has 0 spiro atoms. The van der Waals surface area contributed by atoms with Gasteiger partial charge in [0.15, 0.2) is 0 Å². The number of hydrogen-bond donors (Lipinski definition) is 0. The molecule has 0 saturated carbocycles. The molecule has 0 heterocycles. The van der Waals surface area contributed by atoms with E-state index < -0.39 is 0 Å².